The van der Waals surface area contributed by atoms with E-state index in [-0.39, 0.29) is 16.2 Å². The zero-order chi connectivity index (χ0) is 16.4. The molecule has 3 aliphatic rings. The SMILES string of the molecule is C=C[C@@]1(C)CCC2[C@@](O)(CCC3C(C)(C)C(=O)CC[C@@]32C)C1. The largest absolute Gasteiger partial charge is 0.390 e. The van der Waals surface area contributed by atoms with Gasteiger partial charge in [0.05, 0.1) is 5.60 Å². The smallest absolute Gasteiger partial charge is 0.138 e. The molecule has 3 rings (SSSR count). The molecule has 2 nitrogen and oxygen atoms in total. The summed E-state index contributed by atoms with van der Waals surface area (Å²) in [5.41, 5.74) is -0.627. The lowest BCUT2D eigenvalue weighted by Gasteiger charge is -2.64. The highest BCUT2D eigenvalue weighted by Crippen LogP contribution is 2.65. The van der Waals surface area contributed by atoms with Crippen LogP contribution in [-0.2, 0) is 4.79 Å². The summed E-state index contributed by atoms with van der Waals surface area (Å²) in [6.07, 6.45) is 8.53. The van der Waals surface area contributed by atoms with Gasteiger partial charge >= 0.3 is 0 Å². The van der Waals surface area contributed by atoms with Gasteiger partial charge in [-0.05, 0) is 61.2 Å². The highest BCUT2D eigenvalue weighted by molar-refractivity contribution is 5.85. The number of allylic oxidation sites excluding steroid dienone is 1. The van der Waals surface area contributed by atoms with Gasteiger partial charge in [-0.1, -0.05) is 33.8 Å². The summed E-state index contributed by atoms with van der Waals surface area (Å²) in [5, 5.41) is 11.5. The monoisotopic (exact) mass is 304 g/mol. The fourth-order valence-corrected chi connectivity index (χ4v) is 6.43. The maximum Gasteiger partial charge on any atom is 0.138 e. The summed E-state index contributed by atoms with van der Waals surface area (Å²) in [7, 11) is 0. The molecule has 1 N–H and O–H groups in total. The van der Waals surface area contributed by atoms with E-state index in [0.29, 0.717) is 24.0 Å². The minimum atomic E-state index is -0.567. The van der Waals surface area contributed by atoms with E-state index < -0.39 is 5.60 Å². The molecular weight excluding hydrogens is 272 g/mol. The van der Waals surface area contributed by atoms with E-state index in [1.165, 1.54) is 0 Å². The standard InChI is InChI=1S/C20H32O2/c1-6-18(4)10-7-15-19(5)11-9-16(21)17(2,3)14(19)8-12-20(15,22)13-18/h6,14-15,22H,1,7-13H2,2-5H3/t14?,15?,18-,19-,20+/m0/s1. The second kappa shape index (κ2) is 4.69. The first-order valence-corrected chi connectivity index (χ1v) is 8.97. The van der Waals surface area contributed by atoms with Crippen molar-refractivity contribution in [2.75, 3.05) is 0 Å². The summed E-state index contributed by atoms with van der Waals surface area (Å²) >= 11 is 0. The molecule has 2 heteroatoms. The van der Waals surface area contributed by atoms with Crippen LogP contribution >= 0.6 is 0 Å². The van der Waals surface area contributed by atoms with Crippen LogP contribution in [0, 0.1) is 28.1 Å². The molecule has 22 heavy (non-hydrogen) atoms. The fourth-order valence-electron chi connectivity index (χ4n) is 6.43. The van der Waals surface area contributed by atoms with Crippen molar-refractivity contribution in [3.8, 4) is 0 Å². The fraction of sp³-hybridized carbons (Fsp3) is 0.850. The first-order chi connectivity index (χ1) is 10.1. The number of Topliss-reactive ketones (excluding diaryl/α,β-unsaturated/α-hetero) is 1. The Kier molecular flexibility index (Phi) is 3.46. The van der Waals surface area contributed by atoms with Crippen LogP contribution in [0.5, 0.6) is 0 Å². The molecule has 0 saturated heterocycles. The predicted octanol–water partition coefficient (Wildman–Crippen LogP) is 4.52. The van der Waals surface area contributed by atoms with Crippen molar-refractivity contribution in [1.82, 2.24) is 0 Å². The Bertz CT molecular complexity index is 508. The van der Waals surface area contributed by atoms with Gasteiger partial charge in [0.2, 0.25) is 0 Å². The first-order valence-electron chi connectivity index (χ1n) is 8.97. The highest BCUT2D eigenvalue weighted by Gasteiger charge is 2.63. The van der Waals surface area contributed by atoms with Gasteiger partial charge in [0.25, 0.3) is 0 Å². The minimum absolute atomic E-state index is 0.0639. The molecule has 0 heterocycles. The Morgan fingerprint density at radius 1 is 1.09 bits per heavy atom. The molecule has 3 fully saturated rings. The third-order valence-electron chi connectivity index (χ3n) is 7.79. The maximum atomic E-state index is 12.4. The molecule has 0 amide bonds. The summed E-state index contributed by atoms with van der Waals surface area (Å²) < 4.78 is 0. The van der Waals surface area contributed by atoms with Gasteiger partial charge < -0.3 is 5.11 Å². The van der Waals surface area contributed by atoms with Crippen LogP contribution in [0.15, 0.2) is 12.7 Å². The van der Waals surface area contributed by atoms with Crippen molar-refractivity contribution in [2.45, 2.75) is 78.2 Å². The zero-order valence-electron chi connectivity index (χ0n) is 14.7. The van der Waals surface area contributed by atoms with Gasteiger partial charge in [0.15, 0.2) is 0 Å². The molecule has 2 unspecified atom stereocenters. The van der Waals surface area contributed by atoms with Crippen molar-refractivity contribution in [2.24, 2.45) is 28.1 Å². The molecule has 0 aromatic heterocycles. The summed E-state index contributed by atoms with van der Waals surface area (Å²) in [4.78, 5) is 12.4. The number of carbonyl (C=O) groups excluding carboxylic acids is 1. The zero-order valence-corrected chi connectivity index (χ0v) is 14.7. The Labute approximate surface area is 135 Å². The average Bonchev–Trinajstić information content (AvgIpc) is 2.42. The number of aliphatic hydroxyl groups is 1. The van der Waals surface area contributed by atoms with Crippen molar-refractivity contribution in [1.29, 1.82) is 0 Å². The lowest BCUT2D eigenvalue weighted by Crippen LogP contribution is -2.62. The van der Waals surface area contributed by atoms with Crippen molar-refractivity contribution >= 4 is 5.78 Å². The van der Waals surface area contributed by atoms with Crippen LogP contribution in [0.2, 0.25) is 0 Å². The van der Waals surface area contributed by atoms with Crippen LogP contribution in [-0.4, -0.2) is 16.5 Å². The third kappa shape index (κ3) is 2.06. The Morgan fingerprint density at radius 3 is 2.36 bits per heavy atom. The normalized spacial score (nSPS) is 50.9. The second-order valence-corrected chi connectivity index (χ2v) is 9.47. The van der Waals surface area contributed by atoms with E-state index in [9.17, 15) is 9.90 Å². The van der Waals surface area contributed by atoms with Crippen LogP contribution in [0.1, 0.15) is 72.6 Å². The lowest BCUT2D eigenvalue weighted by molar-refractivity contribution is -0.202. The average molecular weight is 304 g/mol. The van der Waals surface area contributed by atoms with E-state index in [4.69, 9.17) is 0 Å². The first kappa shape index (κ1) is 16.2. The van der Waals surface area contributed by atoms with Gasteiger partial charge in [-0.15, -0.1) is 6.58 Å². The molecule has 5 atom stereocenters. The Hall–Kier alpha value is -0.630. The van der Waals surface area contributed by atoms with E-state index in [1.54, 1.807) is 0 Å². The molecule has 124 valence electrons. The molecular formula is C20H32O2. The molecule has 0 aliphatic heterocycles. The van der Waals surface area contributed by atoms with Crippen LogP contribution in [0.3, 0.4) is 0 Å². The molecule has 0 aromatic carbocycles. The van der Waals surface area contributed by atoms with Crippen LogP contribution < -0.4 is 0 Å². The van der Waals surface area contributed by atoms with Crippen molar-refractivity contribution < 1.29 is 9.90 Å². The molecule has 3 saturated carbocycles. The van der Waals surface area contributed by atoms with Gasteiger partial charge in [-0.3, -0.25) is 4.79 Å². The molecule has 0 radical (unpaired) electrons. The van der Waals surface area contributed by atoms with Crippen LogP contribution in [0.25, 0.3) is 0 Å². The van der Waals surface area contributed by atoms with Gasteiger partial charge in [0.1, 0.15) is 5.78 Å². The maximum absolute atomic E-state index is 12.4. The van der Waals surface area contributed by atoms with Gasteiger partial charge in [-0.2, -0.15) is 0 Å². The van der Waals surface area contributed by atoms with Crippen molar-refractivity contribution in [3.05, 3.63) is 12.7 Å². The Morgan fingerprint density at radius 2 is 1.73 bits per heavy atom. The quantitative estimate of drug-likeness (QED) is 0.723. The summed E-state index contributed by atoms with van der Waals surface area (Å²) in [6, 6.07) is 0. The van der Waals surface area contributed by atoms with Crippen LogP contribution in [0.4, 0.5) is 0 Å². The van der Waals surface area contributed by atoms with E-state index >= 15 is 0 Å². The predicted molar refractivity (Wildman–Crippen MR) is 89.4 cm³/mol. The molecule has 0 aromatic rings. The highest BCUT2D eigenvalue weighted by atomic mass is 16.3. The minimum Gasteiger partial charge on any atom is -0.390 e. The number of hydrogen-bond donors (Lipinski definition) is 1. The molecule has 0 spiro atoms. The number of carbonyl (C=O) groups is 1. The number of rotatable bonds is 1. The van der Waals surface area contributed by atoms with E-state index in [2.05, 4.69) is 34.3 Å². The summed E-state index contributed by atoms with van der Waals surface area (Å²) in [6.45, 7) is 12.9. The second-order valence-electron chi connectivity index (χ2n) is 9.47. The van der Waals surface area contributed by atoms with E-state index in [1.807, 2.05) is 6.08 Å². The number of fused-ring (bicyclic) bond motifs is 3. The number of ketones is 1. The molecule has 0 bridgehead atoms. The van der Waals surface area contributed by atoms with E-state index in [0.717, 1.165) is 38.5 Å². The number of hydrogen-bond acceptors (Lipinski definition) is 2. The summed E-state index contributed by atoms with van der Waals surface area (Å²) in [5.74, 6) is 1.17. The molecule has 3 aliphatic carbocycles. The third-order valence-corrected chi connectivity index (χ3v) is 7.79. The van der Waals surface area contributed by atoms with Gasteiger partial charge in [-0.25, -0.2) is 0 Å². The lowest BCUT2D eigenvalue weighted by atomic mass is 9.42. The van der Waals surface area contributed by atoms with Crippen molar-refractivity contribution in [3.63, 3.8) is 0 Å². The topological polar surface area (TPSA) is 37.3 Å². The van der Waals surface area contributed by atoms with Gasteiger partial charge in [0, 0.05) is 11.8 Å². The Balaban J connectivity index is 1.97.